The molecular weight excluding hydrogens is 260 g/mol. The fourth-order valence-electron chi connectivity index (χ4n) is 2.28. The third kappa shape index (κ3) is 5.17. The van der Waals surface area contributed by atoms with Gasteiger partial charge in [-0.1, -0.05) is 32.0 Å². The molecular formula is C15H27ClN2O. The van der Waals surface area contributed by atoms with Gasteiger partial charge in [0.2, 0.25) is 0 Å². The molecule has 4 heteroatoms. The normalized spacial score (nSPS) is 18.7. The molecule has 19 heavy (non-hydrogen) atoms. The first-order valence-electron chi connectivity index (χ1n) is 7.01. The van der Waals surface area contributed by atoms with Crippen LogP contribution in [0, 0.1) is 0 Å². The molecule has 1 aliphatic rings. The molecule has 1 aliphatic heterocycles. The topological polar surface area (TPSA) is 24.5 Å². The molecule has 1 saturated heterocycles. The zero-order valence-corrected chi connectivity index (χ0v) is 13.4. The largest absolute Gasteiger partial charge is 0.381 e. The Bertz CT molecular complexity index is 327. The van der Waals surface area contributed by atoms with Gasteiger partial charge >= 0.3 is 0 Å². The molecule has 0 amide bonds. The molecule has 0 aromatic rings. The molecule has 0 aliphatic carbocycles. The highest BCUT2D eigenvalue weighted by Crippen LogP contribution is 2.24. The van der Waals surface area contributed by atoms with Crippen LogP contribution in [0.25, 0.3) is 0 Å². The maximum absolute atomic E-state index is 6.22. The van der Waals surface area contributed by atoms with Crippen molar-refractivity contribution < 1.29 is 4.74 Å². The van der Waals surface area contributed by atoms with Crippen molar-refractivity contribution in [3.8, 4) is 0 Å². The first kappa shape index (κ1) is 16.5. The Labute approximate surface area is 122 Å². The van der Waals surface area contributed by atoms with Crippen molar-refractivity contribution in [1.29, 1.82) is 0 Å². The highest BCUT2D eigenvalue weighted by atomic mass is 35.5. The quantitative estimate of drug-likeness (QED) is 0.759. The molecule has 1 heterocycles. The number of piperidine rings is 1. The Morgan fingerprint density at radius 1 is 1.42 bits per heavy atom. The van der Waals surface area contributed by atoms with Crippen LogP contribution in [-0.2, 0) is 4.74 Å². The molecule has 0 radical (unpaired) electrons. The van der Waals surface area contributed by atoms with E-state index in [9.17, 15) is 0 Å². The summed E-state index contributed by atoms with van der Waals surface area (Å²) in [5.74, 6) is 0. The number of nitrogens with one attached hydrogen (secondary N) is 1. The summed E-state index contributed by atoms with van der Waals surface area (Å²) in [7, 11) is 1.79. The first-order valence-corrected chi connectivity index (χ1v) is 7.39. The molecule has 0 bridgehead atoms. The first-order chi connectivity index (χ1) is 8.95. The highest BCUT2D eigenvalue weighted by molar-refractivity contribution is 6.29. The van der Waals surface area contributed by atoms with E-state index < -0.39 is 0 Å². The fourth-order valence-corrected chi connectivity index (χ4v) is 2.46. The van der Waals surface area contributed by atoms with E-state index in [-0.39, 0.29) is 0 Å². The van der Waals surface area contributed by atoms with Crippen LogP contribution in [0.5, 0.6) is 0 Å². The van der Waals surface area contributed by atoms with Crippen molar-refractivity contribution >= 4 is 11.6 Å². The highest BCUT2D eigenvalue weighted by Gasteiger charge is 2.21. The average molecular weight is 287 g/mol. The summed E-state index contributed by atoms with van der Waals surface area (Å²) in [5, 5.41) is 4.24. The lowest BCUT2D eigenvalue weighted by atomic mass is 10.0. The SMILES string of the molecule is C=C(/C(CNC(C)C)=C(\C)Cl)N1CCC(OC)CC1. The second-order valence-electron chi connectivity index (χ2n) is 5.42. The number of methoxy groups -OCH3 is 1. The van der Waals surface area contributed by atoms with Gasteiger partial charge in [0.25, 0.3) is 0 Å². The van der Waals surface area contributed by atoms with Crippen LogP contribution in [-0.4, -0.2) is 43.8 Å². The van der Waals surface area contributed by atoms with Crippen LogP contribution >= 0.6 is 11.6 Å². The number of rotatable bonds is 6. The van der Waals surface area contributed by atoms with E-state index in [1.807, 2.05) is 6.92 Å². The third-order valence-electron chi connectivity index (χ3n) is 3.61. The average Bonchev–Trinajstić information content (AvgIpc) is 2.38. The van der Waals surface area contributed by atoms with E-state index in [1.54, 1.807) is 7.11 Å². The molecule has 0 atom stereocenters. The van der Waals surface area contributed by atoms with Gasteiger partial charge in [0, 0.05) is 49.1 Å². The number of ether oxygens (including phenoxy) is 1. The standard InChI is InChI=1S/C15H27ClN2O/c1-11(2)17-10-15(12(3)16)13(4)18-8-6-14(19-5)7-9-18/h11,14,17H,4,6-10H2,1-3,5H3/b15-12+. The number of allylic oxidation sites excluding steroid dienone is 1. The maximum Gasteiger partial charge on any atom is 0.0605 e. The number of hydrogen-bond acceptors (Lipinski definition) is 3. The van der Waals surface area contributed by atoms with Crippen molar-refractivity contribution in [3.63, 3.8) is 0 Å². The summed E-state index contributed by atoms with van der Waals surface area (Å²) in [6.07, 6.45) is 2.51. The van der Waals surface area contributed by atoms with Crippen LogP contribution in [0.3, 0.4) is 0 Å². The summed E-state index contributed by atoms with van der Waals surface area (Å²) in [4.78, 5) is 2.32. The Kier molecular flexibility index (Phi) is 6.90. The molecule has 0 spiro atoms. The van der Waals surface area contributed by atoms with Crippen LogP contribution < -0.4 is 5.32 Å². The number of likely N-dealkylation sites (tertiary alicyclic amines) is 1. The van der Waals surface area contributed by atoms with E-state index in [4.69, 9.17) is 16.3 Å². The van der Waals surface area contributed by atoms with Crippen molar-refractivity contribution in [2.24, 2.45) is 0 Å². The number of halogens is 1. The number of nitrogens with zero attached hydrogens (tertiary/aromatic N) is 1. The van der Waals surface area contributed by atoms with Gasteiger partial charge in [0.1, 0.15) is 0 Å². The van der Waals surface area contributed by atoms with Crippen LogP contribution in [0.15, 0.2) is 22.9 Å². The van der Waals surface area contributed by atoms with Crippen molar-refractivity contribution in [3.05, 3.63) is 22.9 Å². The Balaban J connectivity index is 2.61. The molecule has 1 rings (SSSR count). The van der Waals surface area contributed by atoms with Crippen molar-refractivity contribution in [2.75, 3.05) is 26.7 Å². The monoisotopic (exact) mass is 286 g/mol. The summed E-state index contributed by atoms with van der Waals surface area (Å²) in [6.45, 7) is 13.2. The van der Waals surface area contributed by atoms with Gasteiger partial charge in [-0.3, -0.25) is 0 Å². The summed E-state index contributed by atoms with van der Waals surface area (Å²) in [6, 6.07) is 0.443. The molecule has 3 nitrogen and oxygen atoms in total. The lowest BCUT2D eigenvalue weighted by Gasteiger charge is -2.35. The van der Waals surface area contributed by atoms with Gasteiger partial charge in [-0.05, 0) is 19.8 Å². The smallest absolute Gasteiger partial charge is 0.0605 e. The summed E-state index contributed by atoms with van der Waals surface area (Å²) < 4.78 is 5.40. The van der Waals surface area contributed by atoms with E-state index in [1.165, 1.54) is 0 Å². The minimum Gasteiger partial charge on any atom is -0.381 e. The van der Waals surface area contributed by atoms with Crippen molar-refractivity contribution in [2.45, 2.75) is 45.8 Å². The summed E-state index contributed by atoms with van der Waals surface area (Å²) >= 11 is 6.22. The van der Waals surface area contributed by atoms with E-state index in [0.717, 1.165) is 48.8 Å². The Hall–Kier alpha value is -0.510. The van der Waals surface area contributed by atoms with E-state index >= 15 is 0 Å². The van der Waals surface area contributed by atoms with Crippen LogP contribution in [0.1, 0.15) is 33.6 Å². The number of hydrogen-bond donors (Lipinski definition) is 1. The lowest BCUT2D eigenvalue weighted by molar-refractivity contribution is 0.0509. The van der Waals surface area contributed by atoms with Crippen LogP contribution in [0.2, 0.25) is 0 Å². The Morgan fingerprint density at radius 3 is 2.42 bits per heavy atom. The molecule has 0 saturated carbocycles. The van der Waals surface area contributed by atoms with Gasteiger partial charge in [0.05, 0.1) is 6.10 Å². The Morgan fingerprint density at radius 2 is 2.00 bits per heavy atom. The van der Waals surface area contributed by atoms with E-state index in [2.05, 4.69) is 30.6 Å². The molecule has 1 N–H and O–H groups in total. The van der Waals surface area contributed by atoms with Gasteiger partial charge in [0.15, 0.2) is 0 Å². The summed E-state index contributed by atoms with van der Waals surface area (Å²) in [5.41, 5.74) is 2.17. The fraction of sp³-hybridized carbons (Fsp3) is 0.733. The van der Waals surface area contributed by atoms with E-state index in [0.29, 0.717) is 12.1 Å². The molecule has 0 aromatic carbocycles. The molecule has 110 valence electrons. The van der Waals surface area contributed by atoms with Gasteiger partial charge in [-0.25, -0.2) is 0 Å². The second kappa shape index (κ2) is 7.93. The molecule has 0 unspecified atom stereocenters. The zero-order chi connectivity index (χ0) is 14.4. The second-order valence-corrected chi connectivity index (χ2v) is 5.98. The van der Waals surface area contributed by atoms with Gasteiger partial charge in [-0.15, -0.1) is 0 Å². The lowest BCUT2D eigenvalue weighted by Crippen LogP contribution is -2.37. The van der Waals surface area contributed by atoms with Gasteiger partial charge in [-0.2, -0.15) is 0 Å². The van der Waals surface area contributed by atoms with Crippen LogP contribution in [0.4, 0.5) is 0 Å². The zero-order valence-electron chi connectivity index (χ0n) is 12.6. The predicted molar refractivity (Wildman–Crippen MR) is 82.4 cm³/mol. The minimum atomic E-state index is 0.391. The molecule has 1 fully saturated rings. The maximum atomic E-state index is 6.22. The minimum absolute atomic E-state index is 0.391. The van der Waals surface area contributed by atoms with Gasteiger partial charge < -0.3 is 15.0 Å². The molecule has 0 aromatic heterocycles. The van der Waals surface area contributed by atoms with Crippen molar-refractivity contribution in [1.82, 2.24) is 10.2 Å². The third-order valence-corrected chi connectivity index (χ3v) is 3.84. The predicted octanol–water partition coefficient (Wildman–Crippen LogP) is 3.12.